The Hall–Kier alpha value is -6.64. The second-order valence-corrected chi connectivity index (χ2v) is 24.3. The average Bonchev–Trinajstić information content (AvgIpc) is 3.56. The van der Waals surface area contributed by atoms with Crippen LogP contribution in [0.25, 0.3) is 22.3 Å². The molecule has 0 N–H and O–H groups in total. The first kappa shape index (κ1) is 55.3. The van der Waals surface area contributed by atoms with Gasteiger partial charge in [0, 0.05) is 39.5 Å². The lowest BCUT2D eigenvalue weighted by Gasteiger charge is -2.39. The quantitative estimate of drug-likeness (QED) is 0.120. The Labute approximate surface area is 482 Å². The summed E-state index contributed by atoms with van der Waals surface area (Å²) < 4.78 is 0. The van der Waals surface area contributed by atoms with Crippen molar-refractivity contribution in [3.8, 4) is 22.3 Å². The summed E-state index contributed by atoms with van der Waals surface area (Å²) in [6, 6.07) is 78.8. The molecule has 3 aliphatic rings. The van der Waals surface area contributed by atoms with Gasteiger partial charge in [0.2, 0.25) is 0 Å². The van der Waals surface area contributed by atoms with Crippen LogP contribution in [0.5, 0.6) is 0 Å². The third kappa shape index (κ3) is 13.9. The van der Waals surface area contributed by atoms with Gasteiger partial charge in [0.15, 0.2) is 0 Å². The molecule has 11 rings (SSSR count). The molecular weight excluding hydrogens is 965 g/mol. The first-order valence-electron chi connectivity index (χ1n) is 32.0. The maximum atomic E-state index is 2.46. The van der Waals surface area contributed by atoms with E-state index in [4.69, 9.17) is 0 Å². The Morgan fingerprint density at radius 2 is 0.463 bits per heavy atom. The third-order valence-corrected chi connectivity index (χ3v) is 19.0. The fraction of sp³-hybridized carbons (Fsp3) is 0.385. The number of anilines is 6. The van der Waals surface area contributed by atoms with Crippen molar-refractivity contribution >= 4 is 34.1 Å². The molecular formula is C78H90N2. The van der Waals surface area contributed by atoms with Crippen LogP contribution in [0.4, 0.5) is 34.1 Å². The predicted molar refractivity (Wildman–Crippen MR) is 344 cm³/mol. The molecule has 0 bridgehead atoms. The van der Waals surface area contributed by atoms with Crippen molar-refractivity contribution in [1.82, 2.24) is 0 Å². The van der Waals surface area contributed by atoms with Crippen molar-refractivity contribution in [3.63, 3.8) is 0 Å². The summed E-state index contributed by atoms with van der Waals surface area (Å²) in [4.78, 5) is 4.87. The maximum absolute atomic E-state index is 2.46. The SMILES string of the molecule is c1ccc(N(c2ccc(-c3ccc(-c4ccc(C5CCCCCCCCCCC5)cc4)cc3)cc2)c2ccc(C3(c4ccc(N(c5ccccc5)c5ccc(C6CCCCCCCCCCC6)cc5)cc4)CCCCC3)cc2)cc1. The maximum Gasteiger partial charge on any atom is 0.0462 e. The molecule has 0 atom stereocenters. The van der Waals surface area contributed by atoms with Crippen LogP contribution in [0, 0.1) is 0 Å². The molecule has 0 aromatic heterocycles. The lowest BCUT2D eigenvalue weighted by atomic mass is 9.65. The van der Waals surface area contributed by atoms with Gasteiger partial charge in [-0.05, 0) is 168 Å². The van der Waals surface area contributed by atoms with Crippen LogP contribution >= 0.6 is 0 Å². The van der Waals surface area contributed by atoms with Gasteiger partial charge < -0.3 is 9.80 Å². The largest absolute Gasteiger partial charge is 0.311 e. The van der Waals surface area contributed by atoms with Gasteiger partial charge in [0.1, 0.15) is 0 Å². The first-order chi connectivity index (χ1) is 39.7. The molecule has 412 valence electrons. The van der Waals surface area contributed by atoms with Crippen molar-refractivity contribution in [2.24, 2.45) is 0 Å². The Bertz CT molecular complexity index is 3020. The van der Waals surface area contributed by atoms with E-state index < -0.39 is 0 Å². The molecule has 0 spiro atoms. The van der Waals surface area contributed by atoms with Gasteiger partial charge in [-0.3, -0.25) is 0 Å². The Kier molecular flexibility index (Phi) is 19.5. The molecule has 0 aliphatic heterocycles. The number of para-hydroxylation sites is 2. The Balaban J connectivity index is 0.803. The van der Waals surface area contributed by atoms with Crippen LogP contribution in [0.3, 0.4) is 0 Å². The smallest absolute Gasteiger partial charge is 0.0462 e. The molecule has 0 unspecified atom stereocenters. The van der Waals surface area contributed by atoms with Crippen molar-refractivity contribution in [2.45, 2.75) is 191 Å². The van der Waals surface area contributed by atoms with E-state index in [1.165, 1.54) is 228 Å². The van der Waals surface area contributed by atoms with Crippen LogP contribution in [0.1, 0.15) is 207 Å². The number of rotatable bonds is 12. The van der Waals surface area contributed by atoms with Crippen LogP contribution in [0.15, 0.2) is 206 Å². The molecule has 8 aromatic rings. The van der Waals surface area contributed by atoms with E-state index in [1.54, 1.807) is 0 Å². The minimum absolute atomic E-state index is 0.0351. The number of nitrogens with zero attached hydrogens (tertiary/aromatic N) is 2. The summed E-state index contributed by atoms with van der Waals surface area (Å²) in [5.74, 6) is 1.36. The normalized spacial score (nSPS) is 17.6. The van der Waals surface area contributed by atoms with Gasteiger partial charge in [-0.15, -0.1) is 0 Å². The summed E-state index contributed by atoms with van der Waals surface area (Å²) in [5, 5.41) is 0. The number of hydrogen-bond acceptors (Lipinski definition) is 2. The summed E-state index contributed by atoms with van der Waals surface area (Å²) in [6.07, 6.45) is 36.6. The minimum Gasteiger partial charge on any atom is -0.311 e. The summed E-state index contributed by atoms with van der Waals surface area (Å²) in [5.41, 5.74) is 18.0. The number of benzene rings is 8. The molecule has 0 heterocycles. The van der Waals surface area contributed by atoms with Crippen molar-refractivity contribution in [1.29, 1.82) is 0 Å². The van der Waals surface area contributed by atoms with Crippen molar-refractivity contribution in [3.05, 3.63) is 229 Å². The Morgan fingerprint density at radius 1 is 0.225 bits per heavy atom. The molecule has 3 saturated carbocycles. The lowest BCUT2D eigenvalue weighted by Crippen LogP contribution is -2.30. The predicted octanol–water partition coefficient (Wildman–Crippen LogP) is 24.0. The van der Waals surface area contributed by atoms with Gasteiger partial charge in [-0.1, -0.05) is 268 Å². The molecule has 2 nitrogen and oxygen atoms in total. The highest BCUT2D eigenvalue weighted by Crippen LogP contribution is 2.48. The van der Waals surface area contributed by atoms with Crippen LogP contribution in [0.2, 0.25) is 0 Å². The van der Waals surface area contributed by atoms with Crippen molar-refractivity contribution in [2.75, 3.05) is 9.80 Å². The second kappa shape index (κ2) is 28.2. The zero-order valence-corrected chi connectivity index (χ0v) is 48.3. The zero-order valence-electron chi connectivity index (χ0n) is 48.3. The van der Waals surface area contributed by atoms with E-state index in [-0.39, 0.29) is 5.41 Å². The molecule has 80 heavy (non-hydrogen) atoms. The summed E-state index contributed by atoms with van der Waals surface area (Å²) in [7, 11) is 0. The fourth-order valence-corrected chi connectivity index (χ4v) is 14.3. The molecule has 0 saturated heterocycles. The topological polar surface area (TPSA) is 6.48 Å². The summed E-state index contributed by atoms with van der Waals surface area (Å²) >= 11 is 0. The average molecular weight is 1060 g/mol. The van der Waals surface area contributed by atoms with Gasteiger partial charge in [0.05, 0.1) is 0 Å². The second-order valence-electron chi connectivity index (χ2n) is 24.3. The molecule has 8 aromatic carbocycles. The van der Waals surface area contributed by atoms with E-state index in [2.05, 4.69) is 216 Å². The van der Waals surface area contributed by atoms with Gasteiger partial charge in [0.25, 0.3) is 0 Å². The summed E-state index contributed by atoms with van der Waals surface area (Å²) in [6.45, 7) is 0. The molecule has 2 heteroatoms. The van der Waals surface area contributed by atoms with E-state index in [1.807, 2.05) is 0 Å². The molecule has 3 aliphatic carbocycles. The highest BCUT2D eigenvalue weighted by atomic mass is 15.1. The zero-order chi connectivity index (χ0) is 54.0. The van der Waals surface area contributed by atoms with Crippen LogP contribution in [-0.2, 0) is 5.41 Å². The van der Waals surface area contributed by atoms with E-state index in [9.17, 15) is 0 Å². The van der Waals surface area contributed by atoms with Gasteiger partial charge >= 0.3 is 0 Å². The van der Waals surface area contributed by atoms with Gasteiger partial charge in [-0.2, -0.15) is 0 Å². The van der Waals surface area contributed by atoms with Gasteiger partial charge in [-0.25, -0.2) is 0 Å². The van der Waals surface area contributed by atoms with E-state index >= 15 is 0 Å². The van der Waals surface area contributed by atoms with Crippen LogP contribution < -0.4 is 9.80 Å². The van der Waals surface area contributed by atoms with Crippen LogP contribution in [-0.4, -0.2) is 0 Å². The monoisotopic (exact) mass is 1050 g/mol. The molecule has 0 radical (unpaired) electrons. The molecule has 0 amide bonds. The van der Waals surface area contributed by atoms with E-state index in [0.717, 1.165) is 24.2 Å². The lowest BCUT2D eigenvalue weighted by molar-refractivity contribution is 0.346. The Morgan fingerprint density at radius 3 is 0.800 bits per heavy atom. The first-order valence-corrected chi connectivity index (χ1v) is 32.0. The molecule has 3 fully saturated rings. The highest BCUT2D eigenvalue weighted by Gasteiger charge is 2.36. The highest BCUT2D eigenvalue weighted by molar-refractivity contribution is 5.80. The standard InChI is InChI=1S/C78H90N2/c1-3-7-11-18-28-62(29-19-12-8-4-1)64-36-38-65(39-37-64)66-40-42-67(43-41-66)69-46-54-75(55-47-69)80(73-34-24-16-25-35-73)77-58-50-71(51-59-77)78(60-26-17-27-61-78)70-48-56-76(57-49-70)79(72-32-22-15-23-33-72)74-52-44-68(45-53-74)63-30-20-13-9-5-2-6-10-14-21-31-63/h15-16,22-25,32-59,62-63H,1-14,17-21,26-31,60-61H2. The third-order valence-electron chi connectivity index (χ3n) is 19.0. The van der Waals surface area contributed by atoms with Crippen molar-refractivity contribution < 1.29 is 0 Å². The van der Waals surface area contributed by atoms with E-state index in [0.29, 0.717) is 11.8 Å². The minimum atomic E-state index is -0.0351. The number of hydrogen-bond donors (Lipinski definition) is 0. The fourth-order valence-electron chi connectivity index (χ4n) is 14.3.